The van der Waals surface area contributed by atoms with Gasteiger partial charge >= 0.3 is 0 Å². The summed E-state index contributed by atoms with van der Waals surface area (Å²) in [5.74, 6) is -0.100. The average molecular weight is 241 g/mol. The van der Waals surface area contributed by atoms with Crippen LogP contribution in [0.5, 0.6) is 0 Å². The Morgan fingerprint density at radius 1 is 1.06 bits per heavy atom. The Bertz CT molecular complexity index is 566. The lowest BCUT2D eigenvalue weighted by atomic mass is 10.2. The van der Waals surface area contributed by atoms with Crippen molar-refractivity contribution in [3.05, 3.63) is 48.5 Å². The minimum absolute atomic E-state index is 0.100. The molecule has 0 radical (unpaired) electrons. The van der Waals surface area contributed by atoms with E-state index >= 15 is 0 Å². The Morgan fingerprint density at radius 3 is 2.44 bits per heavy atom. The minimum atomic E-state index is -0.100. The van der Waals surface area contributed by atoms with Gasteiger partial charge in [-0.15, -0.1) is 0 Å². The highest BCUT2D eigenvalue weighted by atomic mass is 16.1. The van der Waals surface area contributed by atoms with Crippen molar-refractivity contribution in [1.82, 2.24) is 0 Å². The molecular weight excluding hydrogens is 226 g/mol. The third-order valence-corrected chi connectivity index (χ3v) is 2.40. The highest BCUT2D eigenvalue weighted by Crippen LogP contribution is 2.25. The van der Waals surface area contributed by atoms with Gasteiger partial charge in [0.25, 0.3) is 0 Å². The van der Waals surface area contributed by atoms with Crippen LogP contribution in [0.25, 0.3) is 0 Å². The van der Waals surface area contributed by atoms with E-state index < -0.39 is 0 Å². The Kier molecular flexibility index (Phi) is 3.48. The number of para-hydroxylation sites is 2. The van der Waals surface area contributed by atoms with Gasteiger partial charge in [-0.2, -0.15) is 0 Å². The number of anilines is 4. The van der Waals surface area contributed by atoms with Crippen LogP contribution in [0.15, 0.2) is 48.5 Å². The van der Waals surface area contributed by atoms with E-state index in [-0.39, 0.29) is 5.91 Å². The fraction of sp³-hybridized carbons (Fsp3) is 0.0714. The van der Waals surface area contributed by atoms with E-state index in [4.69, 9.17) is 5.73 Å². The number of hydrogen-bond donors (Lipinski definition) is 3. The normalized spacial score (nSPS) is 9.83. The highest BCUT2D eigenvalue weighted by Gasteiger charge is 2.03. The molecule has 0 fully saturated rings. The van der Waals surface area contributed by atoms with E-state index in [1.54, 1.807) is 0 Å². The molecule has 0 saturated carbocycles. The molecule has 4 heteroatoms. The van der Waals surface area contributed by atoms with Crippen LogP contribution < -0.4 is 16.4 Å². The van der Waals surface area contributed by atoms with Gasteiger partial charge in [0, 0.05) is 18.3 Å². The van der Waals surface area contributed by atoms with Gasteiger partial charge in [0.15, 0.2) is 0 Å². The zero-order valence-corrected chi connectivity index (χ0v) is 10.1. The van der Waals surface area contributed by atoms with Crippen molar-refractivity contribution in [1.29, 1.82) is 0 Å². The second-order valence-corrected chi connectivity index (χ2v) is 3.98. The SMILES string of the molecule is CC(=O)Nc1ccccc1Nc1cccc(N)c1. The number of carbonyl (C=O) groups excluding carboxylic acids is 1. The topological polar surface area (TPSA) is 67.2 Å². The van der Waals surface area contributed by atoms with E-state index in [2.05, 4.69) is 10.6 Å². The van der Waals surface area contributed by atoms with Gasteiger partial charge < -0.3 is 16.4 Å². The monoisotopic (exact) mass is 241 g/mol. The average Bonchev–Trinajstić information content (AvgIpc) is 2.31. The Balaban J connectivity index is 2.26. The molecular formula is C14H15N3O. The lowest BCUT2D eigenvalue weighted by molar-refractivity contribution is -0.114. The summed E-state index contributed by atoms with van der Waals surface area (Å²) in [5.41, 5.74) is 8.87. The van der Waals surface area contributed by atoms with Gasteiger partial charge in [-0.05, 0) is 30.3 Å². The predicted molar refractivity (Wildman–Crippen MR) is 74.9 cm³/mol. The van der Waals surface area contributed by atoms with Crippen LogP contribution in [0.3, 0.4) is 0 Å². The smallest absolute Gasteiger partial charge is 0.221 e. The number of nitrogen functional groups attached to an aromatic ring is 1. The molecule has 2 rings (SSSR count). The highest BCUT2D eigenvalue weighted by molar-refractivity contribution is 5.93. The van der Waals surface area contributed by atoms with E-state index in [0.717, 1.165) is 17.1 Å². The summed E-state index contributed by atoms with van der Waals surface area (Å²) in [4.78, 5) is 11.1. The molecule has 4 nitrogen and oxygen atoms in total. The van der Waals surface area contributed by atoms with Gasteiger partial charge in [0.2, 0.25) is 5.91 Å². The first-order chi connectivity index (χ1) is 8.65. The molecule has 2 aromatic carbocycles. The van der Waals surface area contributed by atoms with Gasteiger partial charge in [-0.1, -0.05) is 18.2 Å². The molecule has 1 amide bonds. The maximum Gasteiger partial charge on any atom is 0.221 e. The van der Waals surface area contributed by atoms with E-state index in [9.17, 15) is 4.79 Å². The number of benzene rings is 2. The first-order valence-corrected chi connectivity index (χ1v) is 5.64. The van der Waals surface area contributed by atoms with Crippen molar-refractivity contribution in [3.63, 3.8) is 0 Å². The summed E-state index contributed by atoms with van der Waals surface area (Å²) in [7, 11) is 0. The van der Waals surface area contributed by atoms with Crippen molar-refractivity contribution in [3.8, 4) is 0 Å². The molecule has 4 N–H and O–H groups in total. The molecule has 2 aromatic rings. The van der Waals surface area contributed by atoms with Crippen LogP contribution in [-0.4, -0.2) is 5.91 Å². The van der Waals surface area contributed by atoms with Crippen LogP contribution in [0, 0.1) is 0 Å². The lowest BCUT2D eigenvalue weighted by Crippen LogP contribution is -2.07. The van der Waals surface area contributed by atoms with Gasteiger partial charge in [-0.25, -0.2) is 0 Å². The maximum absolute atomic E-state index is 11.1. The Hall–Kier alpha value is -2.49. The molecule has 0 aliphatic carbocycles. The molecule has 0 aliphatic rings. The third-order valence-electron chi connectivity index (χ3n) is 2.40. The number of rotatable bonds is 3. The molecule has 0 aliphatic heterocycles. The van der Waals surface area contributed by atoms with E-state index in [1.807, 2.05) is 48.5 Å². The third kappa shape index (κ3) is 3.01. The number of nitrogens with two attached hydrogens (primary N) is 1. The standard InChI is InChI=1S/C14H15N3O/c1-10(18)16-13-7-2-3-8-14(13)17-12-6-4-5-11(15)9-12/h2-9,17H,15H2,1H3,(H,16,18). The molecule has 0 unspecified atom stereocenters. The fourth-order valence-electron chi connectivity index (χ4n) is 1.66. The van der Waals surface area contributed by atoms with Gasteiger partial charge in [0.1, 0.15) is 0 Å². The number of hydrogen-bond acceptors (Lipinski definition) is 3. The zero-order chi connectivity index (χ0) is 13.0. The van der Waals surface area contributed by atoms with Crippen molar-refractivity contribution in [2.75, 3.05) is 16.4 Å². The van der Waals surface area contributed by atoms with E-state index in [0.29, 0.717) is 5.69 Å². The minimum Gasteiger partial charge on any atom is -0.399 e. The van der Waals surface area contributed by atoms with Crippen LogP contribution in [0.1, 0.15) is 6.92 Å². The summed E-state index contributed by atoms with van der Waals surface area (Å²) in [6.07, 6.45) is 0. The first kappa shape index (κ1) is 12.0. The maximum atomic E-state index is 11.1. The second-order valence-electron chi connectivity index (χ2n) is 3.98. The zero-order valence-electron chi connectivity index (χ0n) is 10.1. The molecule has 18 heavy (non-hydrogen) atoms. The lowest BCUT2D eigenvalue weighted by Gasteiger charge is -2.12. The van der Waals surface area contributed by atoms with Crippen molar-refractivity contribution in [2.45, 2.75) is 6.92 Å². The summed E-state index contributed by atoms with van der Waals surface area (Å²) in [6.45, 7) is 1.48. The molecule has 92 valence electrons. The predicted octanol–water partition coefficient (Wildman–Crippen LogP) is 2.97. The number of carbonyl (C=O) groups is 1. The van der Waals surface area contributed by atoms with Gasteiger partial charge in [0.05, 0.1) is 11.4 Å². The summed E-state index contributed by atoms with van der Waals surface area (Å²) in [6, 6.07) is 15.0. The van der Waals surface area contributed by atoms with Crippen molar-refractivity contribution in [2.24, 2.45) is 0 Å². The fourth-order valence-corrected chi connectivity index (χ4v) is 1.66. The summed E-state index contributed by atoms with van der Waals surface area (Å²) >= 11 is 0. The van der Waals surface area contributed by atoms with Crippen LogP contribution in [0.2, 0.25) is 0 Å². The molecule has 0 heterocycles. The first-order valence-electron chi connectivity index (χ1n) is 5.64. The quantitative estimate of drug-likeness (QED) is 0.724. The molecule has 0 spiro atoms. The summed E-state index contributed by atoms with van der Waals surface area (Å²) < 4.78 is 0. The Morgan fingerprint density at radius 2 is 1.78 bits per heavy atom. The molecule has 0 bridgehead atoms. The van der Waals surface area contributed by atoms with Crippen LogP contribution in [0.4, 0.5) is 22.7 Å². The van der Waals surface area contributed by atoms with E-state index in [1.165, 1.54) is 6.92 Å². The van der Waals surface area contributed by atoms with Crippen molar-refractivity contribution < 1.29 is 4.79 Å². The Labute approximate surface area is 106 Å². The van der Waals surface area contributed by atoms with Crippen molar-refractivity contribution >= 4 is 28.7 Å². The van der Waals surface area contributed by atoms with Crippen LogP contribution >= 0.6 is 0 Å². The second kappa shape index (κ2) is 5.23. The molecule has 0 aromatic heterocycles. The summed E-state index contributed by atoms with van der Waals surface area (Å²) in [5, 5.41) is 6.00. The number of amides is 1. The molecule has 0 atom stereocenters. The molecule has 0 saturated heterocycles. The van der Waals surface area contributed by atoms with Crippen LogP contribution in [-0.2, 0) is 4.79 Å². The number of nitrogens with one attached hydrogen (secondary N) is 2. The van der Waals surface area contributed by atoms with Gasteiger partial charge in [-0.3, -0.25) is 4.79 Å². The largest absolute Gasteiger partial charge is 0.399 e.